The van der Waals surface area contributed by atoms with Crippen molar-refractivity contribution in [2.45, 2.75) is 13.0 Å². The molecule has 1 aromatic rings. The lowest BCUT2D eigenvalue weighted by Gasteiger charge is -1.97. The van der Waals surface area contributed by atoms with Crippen molar-refractivity contribution in [2.75, 3.05) is 12.8 Å². The first-order valence-corrected chi connectivity index (χ1v) is 3.87. The molecule has 5 nitrogen and oxygen atoms in total. The second-order valence-corrected chi connectivity index (χ2v) is 2.62. The number of aromatic nitrogens is 2. The van der Waals surface area contributed by atoms with Crippen LogP contribution in [-0.2, 0) is 6.54 Å². The van der Waals surface area contributed by atoms with E-state index in [2.05, 4.69) is 10.4 Å². The molecule has 1 heterocycles. The van der Waals surface area contributed by atoms with Crippen LogP contribution in [0.3, 0.4) is 0 Å². The monoisotopic (exact) mass is 204 g/mol. The van der Waals surface area contributed by atoms with Crippen molar-refractivity contribution in [3.05, 3.63) is 11.8 Å². The van der Waals surface area contributed by atoms with E-state index in [-0.39, 0.29) is 11.4 Å². The lowest BCUT2D eigenvalue weighted by Crippen LogP contribution is -2.18. The molecule has 0 saturated carbocycles. The van der Waals surface area contributed by atoms with Gasteiger partial charge < -0.3 is 11.1 Å². The predicted molar refractivity (Wildman–Crippen MR) is 46.0 cm³/mol. The number of alkyl halides is 2. The molecule has 0 aliphatic rings. The zero-order valence-corrected chi connectivity index (χ0v) is 7.50. The maximum absolute atomic E-state index is 11.9. The molecule has 0 aromatic carbocycles. The number of carbonyl (C=O) groups is 1. The van der Waals surface area contributed by atoms with Crippen molar-refractivity contribution in [3.63, 3.8) is 0 Å². The molecule has 0 unspecified atom stereocenters. The molecule has 1 rings (SSSR count). The SMILES string of the molecule is CNC(=O)c1cn(CC(F)F)nc1N. The fraction of sp³-hybridized carbons (Fsp3) is 0.429. The molecule has 3 N–H and O–H groups in total. The molecule has 0 radical (unpaired) electrons. The van der Waals surface area contributed by atoms with Gasteiger partial charge in [-0.15, -0.1) is 0 Å². The Morgan fingerprint density at radius 1 is 1.79 bits per heavy atom. The van der Waals surface area contributed by atoms with E-state index in [9.17, 15) is 13.6 Å². The van der Waals surface area contributed by atoms with Crippen molar-refractivity contribution in [3.8, 4) is 0 Å². The summed E-state index contributed by atoms with van der Waals surface area (Å²) in [7, 11) is 1.42. The van der Waals surface area contributed by atoms with Crippen LogP contribution in [0.1, 0.15) is 10.4 Å². The van der Waals surface area contributed by atoms with Gasteiger partial charge in [-0.3, -0.25) is 9.48 Å². The highest BCUT2D eigenvalue weighted by molar-refractivity contribution is 5.97. The fourth-order valence-corrected chi connectivity index (χ4v) is 0.981. The lowest BCUT2D eigenvalue weighted by molar-refractivity contribution is 0.0962. The molecule has 1 aromatic heterocycles. The maximum atomic E-state index is 11.9. The minimum Gasteiger partial charge on any atom is -0.382 e. The summed E-state index contributed by atoms with van der Waals surface area (Å²) >= 11 is 0. The van der Waals surface area contributed by atoms with Gasteiger partial charge in [0.1, 0.15) is 12.1 Å². The van der Waals surface area contributed by atoms with Crippen LogP contribution in [0.25, 0.3) is 0 Å². The largest absolute Gasteiger partial charge is 0.382 e. The number of hydrogen-bond acceptors (Lipinski definition) is 3. The molecule has 7 heteroatoms. The molecule has 14 heavy (non-hydrogen) atoms. The van der Waals surface area contributed by atoms with Crippen molar-refractivity contribution >= 4 is 11.7 Å². The summed E-state index contributed by atoms with van der Waals surface area (Å²) in [5.74, 6) is -0.493. The van der Waals surface area contributed by atoms with E-state index in [1.54, 1.807) is 0 Å². The lowest BCUT2D eigenvalue weighted by atomic mass is 10.3. The van der Waals surface area contributed by atoms with Gasteiger partial charge >= 0.3 is 0 Å². The van der Waals surface area contributed by atoms with Gasteiger partial charge in [0.15, 0.2) is 5.82 Å². The van der Waals surface area contributed by atoms with E-state index >= 15 is 0 Å². The molecule has 0 spiro atoms. The summed E-state index contributed by atoms with van der Waals surface area (Å²) in [6.07, 6.45) is -1.33. The Labute approximate surface area is 78.9 Å². The highest BCUT2D eigenvalue weighted by Gasteiger charge is 2.14. The fourth-order valence-electron chi connectivity index (χ4n) is 0.981. The standard InChI is InChI=1S/C7H10F2N4O/c1-11-7(14)4-2-13(3-5(8)9)12-6(4)10/h2,5H,3H2,1H3,(H2,10,12)(H,11,14). The van der Waals surface area contributed by atoms with Crippen LogP contribution in [0.5, 0.6) is 0 Å². The smallest absolute Gasteiger partial charge is 0.257 e. The molecule has 0 fully saturated rings. The summed E-state index contributed by atoms with van der Waals surface area (Å²) in [5, 5.41) is 5.90. The number of nitrogen functional groups attached to an aromatic ring is 1. The maximum Gasteiger partial charge on any atom is 0.257 e. The number of anilines is 1. The predicted octanol–water partition coefficient (Wildman–Crippen LogP) is 0.0900. The van der Waals surface area contributed by atoms with Gasteiger partial charge in [0.2, 0.25) is 0 Å². The molecule has 0 aliphatic heterocycles. The molecular formula is C7H10F2N4O. The van der Waals surface area contributed by atoms with Crippen LogP contribution in [-0.4, -0.2) is 29.2 Å². The molecule has 0 aliphatic carbocycles. The Bertz CT molecular complexity index is 336. The Morgan fingerprint density at radius 2 is 2.43 bits per heavy atom. The minimum absolute atomic E-state index is 0.0509. The van der Waals surface area contributed by atoms with Gasteiger partial charge in [0.05, 0.1) is 0 Å². The number of halogens is 2. The number of nitrogens with one attached hydrogen (secondary N) is 1. The van der Waals surface area contributed by atoms with Crippen molar-refractivity contribution in [1.82, 2.24) is 15.1 Å². The van der Waals surface area contributed by atoms with E-state index in [1.165, 1.54) is 13.2 Å². The Kier molecular flexibility index (Phi) is 3.00. The number of nitrogens with two attached hydrogens (primary N) is 1. The van der Waals surface area contributed by atoms with Crippen molar-refractivity contribution in [2.24, 2.45) is 0 Å². The van der Waals surface area contributed by atoms with Crippen LogP contribution in [0, 0.1) is 0 Å². The summed E-state index contributed by atoms with van der Waals surface area (Å²) in [4.78, 5) is 11.1. The summed E-state index contributed by atoms with van der Waals surface area (Å²) in [5.41, 5.74) is 5.46. The average Bonchev–Trinajstić information content (AvgIpc) is 2.44. The number of nitrogens with zero attached hydrogens (tertiary/aromatic N) is 2. The zero-order valence-electron chi connectivity index (χ0n) is 7.50. The molecule has 1 amide bonds. The number of carbonyl (C=O) groups excluding carboxylic acids is 1. The first-order valence-electron chi connectivity index (χ1n) is 3.87. The third-order valence-electron chi connectivity index (χ3n) is 1.59. The van der Waals surface area contributed by atoms with E-state index in [0.29, 0.717) is 0 Å². The van der Waals surface area contributed by atoms with Crippen LogP contribution in [0.4, 0.5) is 14.6 Å². The quantitative estimate of drug-likeness (QED) is 0.732. The van der Waals surface area contributed by atoms with Crippen LogP contribution in [0.15, 0.2) is 6.20 Å². The first-order chi connectivity index (χ1) is 6.54. The molecule has 0 atom stereocenters. The second kappa shape index (κ2) is 4.03. The Balaban J connectivity index is 2.87. The summed E-state index contributed by atoms with van der Waals surface area (Å²) < 4.78 is 24.8. The normalized spacial score (nSPS) is 10.6. The molecule has 0 saturated heterocycles. The topological polar surface area (TPSA) is 72.9 Å². The molecule has 78 valence electrons. The van der Waals surface area contributed by atoms with E-state index < -0.39 is 18.9 Å². The van der Waals surface area contributed by atoms with Gasteiger partial charge in [0, 0.05) is 13.2 Å². The van der Waals surface area contributed by atoms with E-state index in [4.69, 9.17) is 5.73 Å². The van der Waals surface area contributed by atoms with Gasteiger partial charge in [0.25, 0.3) is 12.3 Å². The van der Waals surface area contributed by atoms with Gasteiger partial charge in [-0.25, -0.2) is 8.78 Å². The second-order valence-electron chi connectivity index (χ2n) is 2.62. The van der Waals surface area contributed by atoms with Crippen LogP contribution < -0.4 is 11.1 Å². The Hall–Kier alpha value is -1.66. The van der Waals surface area contributed by atoms with E-state index in [1.807, 2.05) is 0 Å². The number of amides is 1. The first kappa shape index (κ1) is 10.4. The number of hydrogen-bond donors (Lipinski definition) is 2. The average molecular weight is 204 g/mol. The third-order valence-corrected chi connectivity index (χ3v) is 1.59. The van der Waals surface area contributed by atoms with E-state index in [0.717, 1.165) is 4.68 Å². The van der Waals surface area contributed by atoms with Crippen LogP contribution >= 0.6 is 0 Å². The van der Waals surface area contributed by atoms with Crippen molar-refractivity contribution in [1.29, 1.82) is 0 Å². The van der Waals surface area contributed by atoms with Gasteiger partial charge in [-0.2, -0.15) is 5.10 Å². The van der Waals surface area contributed by atoms with Gasteiger partial charge in [-0.05, 0) is 0 Å². The van der Waals surface area contributed by atoms with Gasteiger partial charge in [-0.1, -0.05) is 0 Å². The third kappa shape index (κ3) is 2.18. The molecule has 0 bridgehead atoms. The van der Waals surface area contributed by atoms with Crippen molar-refractivity contribution < 1.29 is 13.6 Å². The number of rotatable bonds is 3. The zero-order chi connectivity index (χ0) is 10.7. The highest BCUT2D eigenvalue weighted by atomic mass is 19.3. The Morgan fingerprint density at radius 3 is 2.93 bits per heavy atom. The minimum atomic E-state index is -2.52. The highest BCUT2D eigenvalue weighted by Crippen LogP contribution is 2.09. The summed E-state index contributed by atoms with van der Waals surface area (Å²) in [6.45, 7) is -0.568. The summed E-state index contributed by atoms with van der Waals surface area (Å²) in [6, 6.07) is 0. The molecular weight excluding hydrogens is 194 g/mol. The van der Waals surface area contributed by atoms with Crippen LogP contribution in [0.2, 0.25) is 0 Å².